The molecule has 0 aromatic heterocycles. The molecule has 2 rings (SSSR count). The molecule has 0 aliphatic carbocycles. The second kappa shape index (κ2) is 6.53. The minimum absolute atomic E-state index is 0.285. The van der Waals surface area contributed by atoms with Gasteiger partial charge in [0.05, 0.1) is 6.10 Å². The van der Waals surface area contributed by atoms with E-state index in [-0.39, 0.29) is 6.61 Å². The van der Waals surface area contributed by atoms with E-state index in [1.165, 1.54) is 0 Å². The molecular weight excluding hydrogens is 250 g/mol. The Bertz CT molecular complexity index is 361. The summed E-state index contributed by atoms with van der Waals surface area (Å²) in [6.45, 7) is 2.85. The van der Waals surface area contributed by atoms with Crippen molar-refractivity contribution in [3.05, 3.63) is 34.9 Å². The number of hydrogen-bond donors (Lipinski definition) is 2. The number of halogens is 1. The molecule has 1 heterocycles. The predicted octanol–water partition coefficient (Wildman–Crippen LogP) is 2.08. The third-order valence-corrected chi connectivity index (χ3v) is 3.90. The Balaban J connectivity index is 1.84. The van der Waals surface area contributed by atoms with Crippen molar-refractivity contribution in [3.63, 3.8) is 0 Å². The minimum Gasteiger partial charge on any atom is -0.396 e. The van der Waals surface area contributed by atoms with Gasteiger partial charge in [0.15, 0.2) is 0 Å². The van der Waals surface area contributed by atoms with E-state index < -0.39 is 6.10 Å². The van der Waals surface area contributed by atoms with Gasteiger partial charge in [0.2, 0.25) is 0 Å². The van der Waals surface area contributed by atoms with Crippen molar-refractivity contribution in [2.75, 3.05) is 26.2 Å². The van der Waals surface area contributed by atoms with Crippen LogP contribution < -0.4 is 0 Å². The van der Waals surface area contributed by atoms with Crippen LogP contribution in [0.2, 0.25) is 5.02 Å². The maximum atomic E-state index is 10.2. The van der Waals surface area contributed by atoms with E-state index in [0.717, 1.165) is 31.5 Å². The Labute approximate surface area is 113 Å². The van der Waals surface area contributed by atoms with Crippen molar-refractivity contribution >= 4 is 11.6 Å². The van der Waals surface area contributed by atoms with Crippen molar-refractivity contribution in [2.45, 2.75) is 18.9 Å². The number of rotatable bonds is 4. The van der Waals surface area contributed by atoms with E-state index in [2.05, 4.69) is 4.90 Å². The largest absolute Gasteiger partial charge is 0.396 e. The molecule has 0 radical (unpaired) electrons. The molecule has 0 bridgehead atoms. The Morgan fingerprint density at radius 3 is 2.39 bits per heavy atom. The van der Waals surface area contributed by atoms with Crippen LogP contribution in [0.25, 0.3) is 0 Å². The quantitative estimate of drug-likeness (QED) is 0.880. The number of piperidine rings is 1. The highest BCUT2D eigenvalue weighted by Gasteiger charge is 2.20. The first kappa shape index (κ1) is 13.8. The fourth-order valence-electron chi connectivity index (χ4n) is 2.39. The van der Waals surface area contributed by atoms with Crippen LogP contribution in [0.3, 0.4) is 0 Å². The van der Waals surface area contributed by atoms with Gasteiger partial charge in [0.25, 0.3) is 0 Å². The first-order valence-electron chi connectivity index (χ1n) is 6.46. The van der Waals surface area contributed by atoms with Gasteiger partial charge in [0, 0.05) is 18.2 Å². The van der Waals surface area contributed by atoms with Crippen LogP contribution in [0.15, 0.2) is 24.3 Å². The maximum Gasteiger partial charge on any atom is 0.0916 e. The summed E-state index contributed by atoms with van der Waals surface area (Å²) in [5.74, 6) is 0.439. The first-order chi connectivity index (χ1) is 8.69. The Morgan fingerprint density at radius 1 is 1.22 bits per heavy atom. The van der Waals surface area contributed by atoms with Crippen molar-refractivity contribution < 1.29 is 10.2 Å². The molecular formula is C14H20ClNO2. The molecule has 1 aliphatic rings. The lowest BCUT2D eigenvalue weighted by Gasteiger charge is -2.32. The van der Waals surface area contributed by atoms with Crippen molar-refractivity contribution in [1.29, 1.82) is 0 Å². The number of aliphatic hydroxyl groups excluding tert-OH is 2. The molecule has 1 aromatic rings. The standard InChI is InChI=1S/C14H20ClNO2/c15-13-3-1-12(2-4-13)14(18)9-16-7-5-11(10-17)6-8-16/h1-4,11,14,17-18H,5-10H2/t14-/m0/s1. The summed E-state index contributed by atoms with van der Waals surface area (Å²) in [7, 11) is 0. The molecule has 4 heteroatoms. The van der Waals surface area contributed by atoms with Gasteiger partial charge in [-0.2, -0.15) is 0 Å². The fourth-order valence-corrected chi connectivity index (χ4v) is 2.51. The lowest BCUT2D eigenvalue weighted by Crippen LogP contribution is -2.37. The Morgan fingerprint density at radius 2 is 1.83 bits per heavy atom. The normalized spacial score (nSPS) is 19.9. The number of nitrogens with zero attached hydrogens (tertiary/aromatic N) is 1. The lowest BCUT2D eigenvalue weighted by atomic mass is 9.97. The summed E-state index contributed by atoms with van der Waals surface area (Å²) in [4.78, 5) is 2.26. The second-order valence-corrected chi connectivity index (χ2v) is 5.43. The van der Waals surface area contributed by atoms with Crippen LogP contribution >= 0.6 is 11.6 Å². The van der Waals surface area contributed by atoms with Gasteiger partial charge in [-0.15, -0.1) is 0 Å². The highest BCUT2D eigenvalue weighted by Crippen LogP contribution is 2.21. The predicted molar refractivity (Wildman–Crippen MR) is 72.7 cm³/mol. The van der Waals surface area contributed by atoms with Crippen LogP contribution in [-0.2, 0) is 0 Å². The molecule has 0 saturated carbocycles. The first-order valence-corrected chi connectivity index (χ1v) is 6.83. The molecule has 100 valence electrons. The zero-order valence-electron chi connectivity index (χ0n) is 10.4. The summed E-state index contributed by atoms with van der Waals surface area (Å²) >= 11 is 5.82. The van der Waals surface area contributed by atoms with Gasteiger partial charge >= 0.3 is 0 Å². The topological polar surface area (TPSA) is 43.7 Å². The fraction of sp³-hybridized carbons (Fsp3) is 0.571. The summed E-state index contributed by atoms with van der Waals surface area (Å²) in [5, 5.41) is 19.9. The zero-order chi connectivity index (χ0) is 13.0. The monoisotopic (exact) mass is 269 g/mol. The molecule has 1 fully saturated rings. The number of benzene rings is 1. The summed E-state index contributed by atoms with van der Waals surface area (Å²) in [6, 6.07) is 7.34. The van der Waals surface area contributed by atoms with Gasteiger partial charge in [-0.25, -0.2) is 0 Å². The zero-order valence-corrected chi connectivity index (χ0v) is 11.2. The van der Waals surface area contributed by atoms with Crippen LogP contribution in [0.5, 0.6) is 0 Å². The van der Waals surface area contributed by atoms with Gasteiger partial charge < -0.3 is 15.1 Å². The number of aliphatic hydroxyl groups is 2. The molecule has 2 N–H and O–H groups in total. The highest BCUT2D eigenvalue weighted by atomic mass is 35.5. The summed E-state index contributed by atoms with van der Waals surface area (Å²) in [5.41, 5.74) is 0.906. The highest BCUT2D eigenvalue weighted by molar-refractivity contribution is 6.30. The molecule has 3 nitrogen and oxygen atoms in total. The third kappa shape index (κ3) is 3.69. The van der Waals surface area contributed by atoms with E-state index >= 15 is 0 Å². The van der Waals surface area contributed by atoms with Crippen LogP contribution in [0.1, 0.15) is 24.5 Å². The molecule has 1 saturated heterocycles. The van der Waals surface area contributed by atoms with Gasteiger partial charge in [-0.05, 0) is 49.5 Å². The summed E-state index contributed by atoms with van der Waals surface area (Å²) in [6.07, 6.45) is 1.57. The maximum absolute atomic E-state index is 10.2. The molecule has 1 aromatic carbocycles. The lowest BCUT2D eigenvalue weighted by molar-refractivity contribution is 0.0763. The van der Waals surface area contributed by atoms with Gasteiger partial charge in [0.1, 0.15) is 0 Å². The average Bonchev–Trinajstić information content (AvgIpc) is 2.40. The molecule has 18 heavy (non-hydrogen) atoms. The minimum atomic E-state index is -0.465. The van der Waals surface area contributed by atoms with Crippen LogP contribution in [-0.4, -0.2) is 41.4 Å². The van der Waals surface area contributed by atoms with Crippen molar-refractivity contribution in [1.82, 2.24) is 4.90 Å². The number of likely N-dealkylation sites (tertiary alicyclic amines) is 1. The van der Waals surface area contributed by atoms with E-state index in [4.69, 9.17) is 16.7 Å². The summed E-state index contributed by atoms with van der Waals surface area (Å²) < 4.78 is 0. The second-order valence-electron chi connectivity index (χ2n) is 4.99. The SMILES string of the molecule is OCC1CCN(C[C@H](O)c2ccc(Cl)cc2)CC1. The number of hydrogen-bond acceptors (Lipinski definition) is 3. The molecule has 1 atom stereocenters. The average molecular weight is 270 g/mol. The van der Waals surface area contributed by atoms with Crippen molar-refractivity contribution in [3.8, 4) is 0 Å². The van der Waals surface area contributed by atoms with Crippen LogP contribution in [0, 0.1) is 5.92 Å². The Hall–Kier alpha value is -0.610. The van der Waals surface area contributed by atoms with E-state index in [1.54, 1.807) is 12.1 Å². The van der Waals surface area contributed by atoms with E-state index in [9.17, 15) is 5.11 Å². The molecule has 0 spiro atoms. The third-order valence-electron chi connectivity index (χ3n) is 3.65. The van der Waals surface area contributed by atoms with Gasteiger partial charge in [-0.1, -0.05) is 23.7 Å². The molecule has 0 amide bonds. The van der Waals surface area contributed by atoms with Gasteiger partial charge in [-0.3, -0.25) is 0 Å². The molecule has 0 unspecified atom stereocenters. The van der Waals surface area contributed by atoms with Crippen molar-refractivity contribution in [2.24, 2.45) is 5.92 Å². The van der Waals surface area contributed by atoms with E-state index in [1.807, 2.05) is 12.1 Å². The molecule has 1 aliphatic heterocycles. The number of β-amino-alcohol motifs (C(OH)–C–C–N with tert-alkyl or cyclic N) is 1. The van der Waals surface area contributed by atoms with Crippen LogP contribution in [0.4, 0.5) is 0 Å². The smallest absolute Gasteiger partial charge is 0.0916 e. The van der Waals surface area contributed by atoms with E-state index in [0.29, 0.717) is 17.5 Å². The Kier molecular flexibility index (Phi) is 5.01.